The lowest BCUT2D eigenvalue weighted by Gasteiger charge is -2.36. The van der Waals surface area contributed by atoms with E-state index in [1.165, 1.54) is 5.69 Å². The van der Waals surface area contributed by atoms with Gasteiger partial charge in [0.15, 0.2) is 0 Å². The van der Waals surface area contributed by atoms with Gasteiger partial charge in [0, 0.05) is 50.6 Å². The molecule has 2 aliphatic heterocycles. The van der Waals surface area contributed by atoms with Gasteiger partial charge in [-0.25, -0.2) is 0 Å². The number of anilines is 2. The van der Waals surface area contributed by atoms with E-state index in [-0.39, 0.29) is 11.8 Å². The molecule has 1 atom stereocenters. The van der Waals surface area contributed by atoms with Crippen LogP contribution in [0.25, 0.3) is 0 Å². The second kappa shape index (κ2) is 8.52. The molecule has 2 amide bonds. The standard InChI is InChI=1S/C22H34N4O2/c1-17-6-5-11-26(16-17)21(28)22(2,3)20(27)23-18-7-9-19(10-8-18)25-14-12-24(4)13-15-25/h7-10,17H,5-6,11-16H2,1-4H3,(H,23,27). The maximum Gasteiger partial charge on any atom is 0.239 e. The summed E-state index contributed by atoms with van der Waals surface area (Å²) in [5.74, 6) is 0.173. The molecule has 2 saturated heterocycles. The molecule has 0 saturated carbocycles. The van der Waals surface area contributed by atoms with Gasteiger partial charge in [0.25, 0.3) is 0 Å². The van der Waals surface area contributed by atoms with Crippen LogP contribution in [-0.2, 0) is 9.59 Å². The SMILES string of the molecule is CC1CCCN(C(=O)C(C)(C)C(=O)Nc2ccc(N3CCN(C)CC3)cc2)C1. The van der Waals surface area contributed by atoms with Crippen molar-refractivity contribution in [1.29, 1.82) is 0 Å². The van der Waals surface area contributed by atoms with E-state index >= 15 is 0 Å². The van der Waals surface area contributed by atoms with Gasteiger partial charge in [0.1, 0.15) is 5.41 Å². The molecule has 3 rings (SSSR count). The number of benzene rings is 1. The Hall–Kier alpha value is -2.08. The Morgan fingerprint density at radius 2 is 1.68 bits per heavy atom. The number of piperidine rings is 1. The lowest BCUT2D eigenvalue weighted by molar-refractivity contribution is -0.147. The van der Waals surface area contributed by atoms with Gasteiger partial charge in [0.2, 0.25) is 11.8 Å². The molecule has 0 spiro atoms. The second-order valence-electron chi connectivity index (χ2n) is 8.91. The monoisotopic (exact) mass is 386 g/mol. The number of hydrogen-bond donors (Lipinski definition) is 1. The zero-order valence-corrected chi connectivity index (χ0v) is 17.7. The molecule has 1 N–H and O–H groups in total. The quantitative estimate of drug-likeness (QED) is 0.809. The molecule has 0 aliphatic carbocycles. The summed E-state index contributed by atoms with van der Waals surface area (Å²) in [6, 6.07) is 7.94. The van der Waals surface area contributed by atoms with E-state index in [2.05, 4.69) is 29.1 Å². The topological polar surface area (TPSA) is 55.9 Å². The summed E-state index contributed by atoms with van der Waals surface area (Å²) in [5.41, 5.74) is 0.826. The third kappa shape index (κ3) is 4.66. The molecular weight excluding hydrogens is 352 g/mol. The van der Waals surface area contributed by atoms with Crippen molar-refractivity contribution < 1.29 is 9.59 Å². The van der Waals surface area contributed by atoms with Crippen molar-refractivity contribution in [2.75, 3.05) is 56.5 Å². The highest BCUT2D eigenvalue weighted by Crippen LogP contribution is 2.26. The van der Waals surface area contributed by atoms with Gasteiger partial charge in [-0.15, -0.1) is 0 Å². The summed E-state index contributed by atoms with van der Waals surface area (Å²) in [7, 11) is 2.14. The fourth-order valence-electron chi connectivity index (χ4n) is 3.97. The summed E-state index contributed by atoms with van der Waals surface area (Å²) >= 11 is 0. The third-order valence-corrected chi connectivity index (χ3v) is 6.04. The van der Waals surface area contributed by atoms with Gasteiger partial charge in [-0.1, -0.05) is 6.92 Å². The number of amides is 2. The van der Waals surface area contributed by atoms with Crippen LogP contribution in [0.4, 0.5) is 11.4 Å². The second-order valence-corrected chi connectivity index (χ2v) is 8.91. The number of carbonyl (C=O) groups is 2. The van der Waals surface area contributed by atoms with Crippen molar-refractivity contribution in [3.63, 3.8) is 0 Å². The Kier molecular flexibility index (Phi) is 6.28. The zero-order valence-electron chi connectivity index (χ0n) is 17.7. The highest BCUT2D eigenvalue weighted by Gasteiger charge is 2.40. The number of piperazine rings is 1. The van der Waals surface area contributed by atoms with Crippen molar-refractivity contribution in [3.8, 4) is 0 Å². The number of nitrogens with one attached hydrogen (secondary N) is 1. The Morgan fingerprint density at radius 1 is 1.04 bits per heavy atom. The lowest BCUT2D eigenvalue weighted by Crippen LogP contribution is -2.50. The van der Waals surface area contributed by atoms with Crippen molar-refractivity contribution >= 4 is 23.2 Å². The maximum absolute atomic E-state index is 12.9. The fraction of sp³-hybridized carbons (Fsp3) is 0.636. The Bertz CT molecular complexity index is 693. The van der Waals surface area contributed by atoms with Crippen LogP contribution in [0.3, 0.4) is 0 Å². The van der Waals surface area contributed by atoms with E-state index in [4.69, 9.17) is 0 Å². The number of nitrogens with zero attached hydrogens (tertiary/aromatic N) is 3. The van der Waals surface area contributed by atoms with E-state index in [1.807, 2.05) is 29.2 Å². The van der Waals surface area contributed by atoms with Crippen LogP contribution < -0.4 is 10.2 Å². The van der Waals surface area contributed by atoms with Crippen LogP contribution in [-0.4, -0.2) is 67.9 Å². The molecule has 0 radical (unpaired) electrons. The Morgan fingerprint density at radius 3 is 2.29 bits per heavy atom. The number of carbonyl (C=O) groups excluding carboxylic acids is 2. The predicted octanol–water partition coefficient (Wildman–Crippen LogP) is 2.66. The highest BCUT2D eigenvalue weighted by atomic mass is 16.2. The molecule has 6 nitrogen and oxygen atoms in total. The van der Waals surface area contributed by atoms with Gasteiger partial charge in [-0.3, -0.25) is 9.59 Å². The van der Waals surface area contributed by atoms with Gasteiger partial charge in [-0.05, 0) is 63.9 Å². The van der Waals surface area contributed by atoms with Gasteiger partial charge >= 0.3 is 0 Å². The number of rotatable bonds is 4. The smallest absolute Gasteiger partial charge is 0.239 e. The van der Waals surface area contributed by atoms with Crippen LogP contribution in [0.2, 0.25) is 0 Å². The molecular formula is C22H34N4O2. The van der Waals surface area contributed by atoms with Crippen molar-refractivity contribution in [2.24, 2.45) is 11.3 Å². The molecule has 1 aromatic carbocycles. The van der Waals surface area contributed by atoms with Gasteiger partial charge in [0.05, 0.1) is 0 Å². The van der Waals surface area contributed by atoms with Gasteiger partial charge in [-0.2, -0.15) is 0 Å². The van der Waals surface area contributed by atoms with E-state index < -0.39 is 5.41 Å². The van der Waals surface area contributed by atoms with E-state index in [9.17, 15) is 9.59 Å². The summed E-state index contributed by atoms with van der Waals surface area (Å²) in [4.78, 5) is 32.3. The summed E-state index contributed by atoms with van der Waals surface area (Å²) in [5, 5.41) is 2.94. The zero-order chi connectivity index (χ0) is 20.3. The Labute approximate surface area is 168 Å². The number of likely N-dealkylation sites (N-methyl/N-ethyl adjacent to an activating group) is 1. The van der Waals surface area contributed by atoms with E-state index in [1.54, 1.807) is 13.8 Å². The van der Waals surface area contributed by atoms with Crippen molar-refractivity contribution in [2.45, 2.75) is 33.6 Å². The molecule has 0 bridgehead atoms. The molecule has 2 fully saturated rings. The van der Waals surface area contributed by atoms with E-state index in [0.717, 1.165) is 57.8 Å². The average Bonchev–Trinajstić information content (AvgIpc) is 2.68. The molecule has 2 heterocycles. The molecule has 0 aromatic heterocycles. The summed E-state index contributed by atoms with van der Waals surface area (Å²) in [6.45, 7) is 11.2. The molecule has 28 heavy (non-hydrogen) atoms. The minimum atomic E-state index is -1.08. The highest BCUT2D eigenvalue weighted by molar-refractivity contribution is 6.09. The van der Waals surface area contributed by atoms with Crippen molar-refractivity contribution in [3.05, 3.63) is 24.3 Å². The first kappa shape index (κ1) is 20.6. The normalized spacial score (nSPS) is 21.5. The minimum absolute atomic E-state index is 0.0781. The minimum Gasteiger partial charge on any atom is -0.369 e. The first-order valence-electron chi connectivity index (χ1n) is 10.4. The molecule has 6 heteroatoms. The van der Waals surface area contributed by atoms with Crippen LogP contribution in [0.15, 0.2) is 24.3 Å². The first-order chi connectivity index (χ1) is 13.3. The fourth-order valence-corrected chi connectivity index (χ4v) is 3.97. The number of likely N-dealkylation sites (tertiary alicyclic amines) is 1. The predicted molar refractivity (Wildman–Crippen MR) is 114 cm³/mol. The van der Waals surface area contributed by atoms with Gasteiger partial charge < -0.3 is 20.0 Å². The molecule has 154 valence electrons. The number of hydrogen-bond acceptors (Lipinski definition) is 4. The lowest BCUT2D eigenvalue weighted by atomic mass is 9.88. The maximum atomic E-state index is 12.9. The molecule has 2 aliphatic rings. The van der Waals surface area contributed by atoms with Crippen LogP contribution >= 0.6 is 0 Å². The Balaban J connectivity index is 1.60. The molecule has 1 unspecified atom stereocenters. The summed E-state index contributed by atoms with van der Waals surface area (Å²) < 4.78 is 0. The van der Waals surface area contributed by atoms with Crippen molar-refractivity contribution in [1.82, 2.24) is 9.80 Å². The summed E-state index contributed by atoms with van der Waals surface area (Å²) in [6.07, 6.45) is 2.16. The van der Waals surface area contributed by atoms with Crippen LogP contribution in [0.5, 0.6) is 0 Å². The van der Waals surface area contributed by atoms with E-state index in [0.29, 0.717) is 5.92 Å². The first-order valence-corrected chi connectivity index (χ1v) is 10.4. The van der Waals surface area contributed by atoms with Crippen LogP contribution in [0, 0.1) is 11.3 Å². The average molecular weight is 387 g/mol. The molecule has 1 aromatic rings. The third-order valence-electron chi connectivity index (χ3n) is 6.04. The largest absolute Gasteiger partial charge is 0.369 e. The van der Waals surface area contributed by atoms with Crippen LogP contribution in [0.1, 0.15) is 33.6 Å².